The van der Waals surface area contributed by atoms with Gasteiger partial charge < -0.3 is 5.73 Å². The van der Waals surface area contributed by atoms with Crippen molar-refractivity contribution in [3.05, 3.63) is 57.3 Å². The van der Waals surface area contributed by atoms with Gasteiger partial charge in [-0.2, -0.15) is 0 Å². The zero-order valence-corrected chi connectivity index (χ0v) is 10.4. The smallest absolute Gasteiger partial charge is 0.126 e. The topological polar surface area (TPSA) is 26.0 Å². The summed E-state index contributed by atoms with van der Waals surface area (Å²) in [6, 6.07) is 7.24. The summed E-state index contributed by atoms with van der Waals surface area (Å²) >= 11 is 1.53. The van der Waals surface area contributed by atoms with Crippen LogP contribution in [0.15, 0.2) is 30.3 Å². The third-order valence-corrected chi connectivity index (χ3v) is 3.95. The van der Waals surface area contributed by atoms with E-state index in [4.69, 9.17) is 5.73 Å². The molecule has 0 amide bonds. The molecule has 4 heteroatoms. The molecule has 0 aliphatic heterocycles. The molecule has 90 valence electrons. The highest BCUT2D eigenvalue weighted by molar-refractivity contribution is 7.12. The van der Waals surface area contributed by atoms with Crippen LogP contribution >= 0.6 is 11.3 Å². The first kappa shape index (κ1) is 12.2. The van der Waals surface area contributed by atoms with Gasteiger partial charge in [0.05, 0.1) is 5.54 Å². The summed E-state index contributed by atoms with van der Waals surface area (Å²) in [7, 11) is 0. The van der Waals surface area contributed by atoms with E-state index in [1.807, 2.05) is 19.1 Å². The molecule has 17 heavy (non-hydrogen) atoms. The zero-order valence-electron chi connectivity index (χ0n) is 9.63. The monoisotopic (exact) mass is 253 g/mol. The van der Waals surface area contributed by atoms with Crippen molar-refractivity contribution in [1.82, 2.24) is 0 Å². The number of nitrogens with two attached hydrogens (primary N) is 1. The average Bonchev–Trinajstić information content (AvgIpc) is 2.64. The molecule has 0 bridgehead atoms. The molecule has 0 saturated heterocycles. The number of rotatable bonds is 2. The van der Waals surface area contributed by atoms with E-state index in [2.05, 4.69) is 0 Å². The molecule has 2 rings (SSSR count). The van der Waals surface area contributed by atoms with Gasteiger partial charge in [-0.05, 0) is 43.7 Å². The molecule has 2 aromatic rings. The molecular weight excluding hydrogens is 240 g/mol. The lowest BCUT2D eigenvalue weighted by Crippen LogP contribution is -2.33. The highest BCUT2D eigenvalue weighted by atomic mass is 32.1. The Bertz CT molecular complexity index is 526. The molecule has 0 spiro atoms. The van der Waals surface area contributed by atoms with Gasteiger partial charge in [-0.1, -0.05) is 0 Å². The van der Waals surface area contributed by atoms with Gasteiger partial charge in [0.15, 0.2) is 0 Å². The van der Waals surface area contributed by atoms with Crippen LogP contribution in [0.25, 0.3) is 0 Å². The molecule has 1 aromatic carbocycles. The SMILES string of the molecule is Cc1ccc(C(C)(N)c2cc(F)cc(F)c2)s1. The lowest BCUT2D eigenvalue weighted by molar-refractivity contribution is 0.555. The van der Waals surface area contributed by atoms with E-state index in [1.54, 1.807) is 6.92 Å². The third kappa shape index (κ3) is 2.37. The van der Waals surface area contributed by atoms with Gasteiger partial charge in [-0.25, -0.2) is 8.78 Å². The minimum Gasteiger partial charge on any atom is -0.317 e. The first-order valence-electron chi connectivity index (χ1n) is 5.22. The van der Waals surface area contributed by atoms with Crippen LogP contribution in [0.4, 0.5) is 8.78 Å². The van der Waals surface area contributed by atoms with Crippen LogP contribution < -0.4 is 5.73 Å². The first-order chi connectivity index (χ1) is 7.89. The minimum absolute atomic E-state index is 0.442. The summed E-state index contributed by atoms with van der Waals surface area (Å²) in [5.41, 5.74) is 5.76. The van der Waals surface area contributed by atoms with E-state index in [0.29, 0.717) is 5.56 Å². The predicted molar refractivity (Wildman–Crippen MR) is 66.1 cm³/mol. The number of benzene rings is 1. The maximum Gasteiger partial charge on any atom is 0.126 e. The summed E-state index contributed by atoms with van der Waals surface area (Å²) < 4.78 is 26.4. The lowest BCUT2D eigenvalue weighted by Gasteiger charge is -2.24. The number of thiophene rings is 1. The Morgan fingerprint density at radius 1 is 1.12 bits per heavy atom. The standard InChI is InChI=1S/C13H13F2NS/c1-8-3-4-12(17-8)13(2,16)9-5-10(14)7-11(15)6-9/h3-7H,16H2,1-2H3. The Kier molecular flexibility index (Phi) is 3.02. The van der Waals surface area contributed by atoms with E-state index in [0.717, 1.165) is 15.8 Å². The summed E-state index contributed by atoms with van der Waals surface area (Å²) in [6.45, 7) is 3.73. The number of hydrogen-bond donors (Lipinski definition) is 1. The van der Waals surface area contributed by atoms with Gasteiger partial charge in [0, 0.05) is 15.8 Å². The van der Waals surface area contributed by atoms with Crippen molar-refractivity contribution in [2.24, 2.45) is 5.73 Å². The third-order valence-electron chi connectivity index (χ3n) is 2.71. The van der Waals surface area contributed by atoms with E-state index in [-0.39, 0.29) is 0 Å². The van der Waals surface area contributed by atoms with Crippen molar-refractivity contribution >= 4 is 11.3 Å². The van der Waals surface area contributed by atoms with Crippen molar-refractivity contribution in [2.75, 3.05) is 0 Å². The number of aryl methyl sites for hydroxylation is 1. The lowest BCUT2D eigenvalue weighted by atomic mass is 9.91. The highest BCUT2D eigenvalue weighted by Gasteiger charge is 2.26. The van der Waals surface area contributed by atoms with Crippen LogP contribution in [0.3, 0.4) is 0 Å². The molecule has 1 atom stereocenters. The van der Waals surface area contributed by atoms with Crippen molar-refractivity contribution < 1.29 is 8.78 Å². The van der Waals surface area contributed by atoms with Crippen LogP contribution in [-0.2, 0) is 5.54 Å². The van der Waals surface area contributed by atoms with E-state index >= 15 is 0 Å². The van der Waals surface area contributed by atoms with Crippen molar-refractivity contribution in [3.63, 3.8) is 0 Å². The fourth-order valence-electron chi connectivity index (χ4n) is 1.71. The van der Waals surface area contributed by atoms with E-state index in [9.17, 15) is 8.78 Å². The van der Waals surface area contributed by atoms with Gasteiger partial charge in [0.25, 0.3) is 0 Å². The average molecular weight is 253 g/mol. The maximum atomic E-state index is 13.2. The maximum absolute atomic E-state index is 13.2. The molecule has 1 nitrogen and oxygen atoms in total. The molecule has 0 saturated carbocycles. The largest absolute Gasteiger partial charge is 0.317 e. The summed E-state index contributed by atoms with van der Waals surface area (Å²) in [6.07, 6.45) is 0. The van der Waals surface area contributed by atoms with Crippen molar-refractivity contribution in [3.8, 4) is 0 Å². The summed E-state index contributed by atoms with van der Waals surface area (Å²) in [5, 5.41) is 0. The number of hydrogen-bond acceptors (Lipinski definition) is 2. The fraction of sp³-hybridized carbons (Fsp3) is 0.231. The molecule has 0 radical (unpaired) electrons. The Balaban J connectivity index is 2.50. The van der Waals surface area contributed by atoms with Crippen LogP contribution in [0.5, 0.6) is 0 Å². The Morgan fingerprint density at radius 3 is 2.18 bits per heavy atom. The molecule has 1 aromatic heterocycles. The second kappa shape index (κ2) is 4.20. The molecular formula is C13H13F2NS. The van der Waals surface area contributed by atoms with Crippen LogP contribution in [0, 0.1) is 18.6 Å². The Labute approximate surface area is 103 Å². The zero-order chi connectivity index (χ0) is 12.6. The molecule has 0 aliphatic rings. The molecule has 0 aliphatic carbocycles. The van der Waals surface area contributed by atoms with Gasteiger partial charge in [-0.3, -0.25) is 0 Å². The fourth-order valence-corrected chi connectivity index (χ4v) is 2.66. The van der Waals surface area contributed by atoms with E-state index < -0.39 is 17.2 Å². The molecule has 0 fully saturated rings. The summed E-state index contributed by atoms with van der Waals surface area (Å²) in [4.78, 5) is 2.01. The van der Waals surface area contributed by atoms with Gasteiger partial charge in [0.2, 0.25) is 0 Å². The van der Waals surface area contributed by atoms with Crippen molar-refractivity contribution in [1.29, 1.82) is 0 Å². The normalized spacial score (nSPS) is 14.6. The number of halogens is 2. The van der Waals surface area contributed by atoms with Gasteiger partial charge in [0.1, 0.15) is 11.6 Å². The van der Waals surface area contributed by atoms with Crippen molar-refractivity contribution in [2.45, 2.75) is 19.4 Å². The van der Waals surface area contributed by atoms with Crippen LogP contribution in [-0.4, -0.2) is 0 Å². The highest BCUT2D eigenvalue weighted by Crippen LogP contribution is 2.32. The van der Waals surface area contributed by atoms with E-state index in [1.165, 1.54) is 23.5 Å². The predicted octanol–water partition coefficient (Wildman–Crippen LogP) is 3.56. The quantitative estimate of drug-likeness (QED) is 0.870. The first-order valence-corrected chi connectivity index (χ1v) is 6.03. The second-order valence-electron chi connectivity index (χ2n) is 4.27. The van der Waals surface area contributed by atoms with Gasteiger partial charge >= 0.3 is 0 Å². The molecule has 1 heterocycles. The van der Waals surface area contributed by atoms with Gasteiger partial charge in [-0.15, -0.1) is 11.3 Å². The summed E-state index contributed by atoms with van der Waals surface area (Å²) in [5.74, 6) is -1.21. The Hall–Kier alpha value is -1.26. The minimum atomic E-state index is -0.873. The Morgan fingerprint density at radius 2 is 1.71 bits per heavy atom. The molecule has 2 N–H and O–H groups in total. The molecule has 1 unspecified atom stereocenters. The second-order valence-corrected chi connectivity index (χ2v) is 5.56. The van der Waals surface area contributed by atoms with Crippen LogP contribution in [0.1, 0.15) is 22.2 Å². The van der Waals surface area contributed by atoms with Crippen LogP contribution in [0.2, 0.25) is 0 Å².